The van der Waals surface area contributed by atoms with E-state index in [2.05, 4.69) is 20.3 Å². The molecule has 0 spiro atoms. The largest absolute Gasteiger partial charge is 0.492 e. The van der Waals surface area contributed by atoms with Crippen LogP contribution < -0.4 is 14.8 Å². The fraction of sp³-hybridized carbons (Fsp3) is 0.481. The van der Waals surface area contributed by atoms with Crippen LogP contribution in [0.2, 0.25) is 5.02 Å². The van der Waals surface area contributed by atoms with Gasteiger partial charge in [0.1, 0.15) is 35.1 Å². The van der Waals surface area contributed by atoms with E-state index >= 15 is 4.39 Å². The van der Waals surface area contributed by atoms with Crippen molar-refractivity contribution in [2.75, 3.05) is 38.2 Å². The Kier molecular flexibility index (Phi) is 7.90. The van der Waals surface area contributed by atoms with E-state index in [0.29, 0.717) is 62.1 Å². The van der Waals surface area contributed by atoms with Crippen LogP contribution in [0.1, 0.15) is 33.6 Å². The summed E-state index contributed by atoms with van der Waals surface area (Å²) in [7, 11) is 0. The third-order valence-electron chi connectivity index (χ3n) is 6.31. The Morgan fingerprint density at radius 2 is 2.10 bits per heavy atom. The van der Waals surface area contributed by atoms with E-state index in [4.69, 9.17) is 30.5 Å². The lowest BCUT2D eigenvalue weighted by Crippen LogP contribution is -2.36. The van der Waals surface area contributed by atoms with Gasteiger partial charge in [-0.25, -0.2) is 24.1 Å². The topological polar surface area (TPSA) is 108 Å². The Morgan fingerprint density at radius 3 is 2.87 bits per heavy atom. The highest BCUT2D eigenvalue weighted by atomic mass is 35.5. The molecule has 4 heterocycles. The normalized spacial score (nSPS) is 19.4. The molecule has 39 heavy (non-hydrogen) atoms. The van der Waals surface area contributed by atoms with Gasteiger partial charge in [-0.05, 0) is 39.3 Å². The molecular formula is C27H31ClFN5O5. The van der Waals surface area contributed by atoms with E-state index in [1.54, 1.807) is 17.0 Å². The lowest BCUT2D eigenvalue weighted by molar-refractivity contribution is 0.0275. The van der Waals surface area contributed by atoms with Crippen molar-refractivity contribution in [1.29, 1.82) is 0 Å². The molecule has 2 aromatic heterocycles. The minimum atomic E-state index is -0.568. The zero-order valence-electron chi connectivity index (χ0n) is 22.1. The molecule has 208 valence electrons. The van der Waals surface area contributed by atoms with Crippen molar-refractivity contribution < 1.29 is 28.1 Å². The Labute approximate surface area is 230 Å². The fourth-order valence-corrected chi connectivity index (χ4v) is 4.57. The van der Waals surface area contributed by atoms with Gasteiger partial charge in [-0.3, -0.25) is 0 Å². The summed E-state index contributed by atoms with van der Waals surface area (Å²) in [6, 6.07) is 6.16. The van der Waals surface area contributed by atoms with Gasteiger partial charge in [-0.1, -0.05) is 11.6 Å². The highest BCUT2D eigenvalue weighted by Gasteiger charge is 2.31. The van der Waals surface area contributed by atoms with Crippen LogP contribution in [-0.2, 0) is 9.47 Å². The molecule has 12 heteroatoms. The van der Waals surface area contributed by atoms with Crippen molar-refractivity contribution in [3.8, 4) is 11.6 Å². The number of aromatic nitrogens is 3. The van der Waals surface area contributed by atoms with Gasteiger partial charge in [0.15, 0.2) is 5.82 Å². The van der Waals surface area contributed by atoms with Gasteiger partial charge in [-0.15, -0.1) is 0 Å². The number of benzene rings is 1. The molecule has 2 atom stereocenters. The number of hydrogen-bond donors (Lipinski definition) is 1. The van der Waals surface area contributed by atoms with E-state index < -0.39 is 11.4 Å². The van der Waals surface area contributed by atoms with Crippen LogP contribution in [0.5, 0.6) is 11.6 Å². The maximum atomic E-state index is 15.0. The summed E-state index contributed by atoms with van der Waals surface area (Å²) < 4.78 is 37.6. The SMILES string of the molecule is CC(C)(C)OC(=O)N1CC[C@H](Oc2ccc3ncnc(Nc4cc(Cl)c(OCC5CCOC5)cc4F)c3n2)C1. The summed E-state index contributed by atoms with van der Waals surface area (Å²) in [4.78, 5) is 27.1. The maximum Gasteiger partial charge on any atom is 0.410 e. The van der Waals surface area contributed by atoms with Crippen molar-refractivity contribution >= 4 is 40.2 Å². The zero-order chi connectivity index (χ0) is 27.6. The second kappa shape index (κ2) is 11.4. The van der Waals surface area contributed by atoms with Crippen LogP contribution in [0.4, 0.5) is 20.7 Å². The molecule has 2 aliphatic rings. The molecular weight excluding hydrogens is 529 g/mol. The van der Waals surface area contributed by atoms with Crippen LogP contribution >= 0.6 is 11.6 Å². The number of likely N-dealkylation sites (tertiary alicyclic amines) is 1. The number of carbonyl (C=O) groups excluding carboxylic acids is 1. The Bertz CT molecular complexity index is 1350. The number of nitrogens with one attached hydrogen (secondary N) is 1. The predicted octanol–water partition coefficient (Wildman–Crippen LogP) is 5.36. The van der Waals surface area contributed by atoms with Crippen molar-refractivity contribution in [3.05, 3.63) is 41.4 Å². The van der Waals surface area contributed by atoms with E-state index in [9.17, 15) is 4.79 Å². The van der Waals surface area contributed by atoms with E-state index in [0.717, 1.165) is 6.42 Å². The first-order valence-electron chi connectivity index (χ1n) is 12.9. The standard InChI is InChI=1S/C27H31ClFN5O5/c1-27(2,3)39-26(35)34-8-6-17(12-34)38-23-5-4-20-24(33-23)25(31-15-30-20)32-21-10-18(28)22(11-19(21)29)37-14-16-7-9-36-13-16/h4-5,10-11,15-17H,6-9,12-14H2,1-3H3,(H,30,31,32)/t16?,17-/m0/s1. The van der Waals surface area contributed by atoms with Gasteiger partial charge in [0.25, 0.3) is 0 Å². The molecule has 1 aromatic carbocycles. The fourth-order valence-electron chi connectivity index (χ4n) is 4.35. The number of anilines is 2. The van der Waals surface area contributed by atoms with E-state index in [1.165, 1.54) is 18.5 Å². The number of pyridine rings is 1. The molecule has 1 unspecified atom stereocenters. The number of rotatable bonds is 7. The summed E-state index contributed by atoms with van der Waals surface area (Å²) in [6.07, 6.45) is 2.29. The maximum absolute atomic E-state index is 15.0. The van der Waals surface area contributed by atoms with Gasteiger partial charge in [0.05, 0.1) is 36.0 Å². The predicted molar refractivity (Wildman–Crippen MR) is 143 cm³/mol. The van der Waals surface area contributed by atoms with E-state index in [-0.39, 0.29) is 34.6 Å². The van der Waals surface area contributed by atoms with Gasteiger partial charge >= 0.3 is 6.09 Å². The van der Waals surface area contributed by atoms with Gasteiger partial charge in [0.2, 0.25) is 5.88 Å². The van der Waals surface area contributed by atoms with Crippen LogP contribution in [0.15, 0.2) is 30.6 Å². The summed E-state index contributed by atoms with van der Waals surface area (Å²) in [5, 5.41) is 3.24. The highest BCUT2D eigenvalue weighted by Crippen LogP contribution is 2.33. The number of halogens is 2. The quantitative estimate of drug-likeness (QED) is 0.409. The van der Waals surface area contributed by atoms with Crippen LogP contribution in [0, 0.1) is 11.7 Å². The molecule has 0 aliphatic carbocycles. The number of fused-ring (bicyclic) bond motifs is 1. The van der Waals surface area contributed by atoms with Crippen molar-refractivity contribution in [3.63, 3.8) is 0 Å². The monoisotopic (exact) mass is 559 g/mol. The second-order valence-corrected chi connectivity index (χ2v) is 11.0. The number of hydrogen-bond acceptors (Lipinski definition) is 9. The first kappa shape index (κ1) is 27.1. The molecule has 2 aliphatic heterocycles. The first-order valence-corrected chi connectivity index (χ1v) is 13.3. The number of nitrogens with zero attached hydrogens (tertiary/aromatic N) is 4. The average Bonchev–Trinajstić information content (AvgIpc) is 3.57. The van der Waals surface area contributed by atoms with Crippen molar-refractivity contribution in [2.45, 2.75) is 45.3 Å². The number of carbonyl (C=O) groups is 1. The number of ether oxygens (including phenoxy) is 4. The van der Waals surface area contributed by atoms with Gasteiger partial charge in [-0.2, -0.15) is 0 Å². The lowest BCUT2D eigenvalue weighted by Gasteiger charge is -2.24. The minimum Gasteiger partial charge on any atom is -0.492 e. The molecule has 0 radical (unpaired) electrons. The molecule has 2 fully saturated rings. The van der Waals surface area contributed by atoms with Gasteiger partial charge < -0.3 is 29.2 Å². The first-order chi connectivity index (χ1) is 18.6. The Morgan fingerprint density at radius 1 is 1.26 bits per heavy atom. The summed E-state index contributed by atoms with van der Waals surface area (Å²) in [5.41, 5.74) is 0.496. The summed E-state index contributed by atoms with van der Waals surface area (Å²) in [6.45, 7) is 8.14. The average molecular weight is 560 g/mol. The smallest absolute Gasteiger partial charge is 0.410 e. The van der Waals surface area contributed by atoms with Crippen LogP contribution in [-0.4, -0.2) is 70.6 Å². The van der Waals surface area contributed by atoms with Crippen molar-refractivity contribution in [2.24, 2.45) is 5.92 Å². The molecule has 0 saturated carbocycles. The number of amides is 1. The summed E-state index contributed by atoms with van der Waals surface area (Å²) >= 11 is 6.39. The Hall–Kier alpha value is -3.44. The molecule has 1 N–H and O–H groups in total. The third kappa shape index (κ3) is 6.77. The second-order valence-electron chi connectivity index (χ2n) is 10.6. The lowest BCUT2D eigenvalue weighted by atomic mass is 10.1. The third-order valence-corrected chi connectivity index (χ3v) is 6.61. The van der Waals surface area contributed by atoms with Crippen LogP contribution in [0.25, 0.3) is 11.0 Å². The van der Waals surface area contributed by atoms with E-state index in [1.807, 2.05) is 20.8 Å². The molecule has 1 amide bonds. The highest BCUT2D eigenvalue weighted by molar-refractivity contribution is 6.32. The van der Waals surface area contributed by atoms with Crippen molar-refractivity contribution in [1.82, 2.24) is 19.9 Å². The summed E-state index contributed by atoms with van der Waals surface area (Å²) in [5.74, 6) is 0.615. The molecule has 10 nitrogen and oxygen atoms in total. The van der Waals surface area contributed by atoms with Crippen LogP contribution in [0.3, 0.4) is 0 Å². The van der Waals surface area contributed by atoms with Gasteiger partial charge in [0, 0.05) is 37.6 Å². The minimum absolute atomic E-state index is 0.119. The zero-order valence-corrected chi connectivity index (χ0v) is 22.8. The Balaban J connectivity index is 1.28. The molecule has 2 saturated heterocycles. The molecule has 3 aromatic rings. The molecule has 5 rings (SSSR count). The molecule has 0 bridgehead atoms.